The normalized spacial score (nSPS) is 10.7. The number of ether oxygens (including phenoxy) is 1. The van der Waals surface area contributed by atoms with Gasteiger partial charge in [0.2, 0.25) is 0 Å². The molecule has 29 heavy (non-hydrogen) atoms. The number of anilines is 1. The molecule has 0 saturated heterocycles. The van der Waals surface area contributed by atoms with Gasteiger partial charge in [0, 0.05) is 17.3 Å². The van der Waals surface area contributed by atoms with Gasteiger partial charge in [0.15, 0.2) is 0 Å². The molecule has 4 rings (SSSR count). The molecule has 2 aromatic carbocycles. The van der Waals surface area contributed by atoms with Crippen molar-refractivity contribution in [1.82, 2.24) is 20.0 Å². The highest BCUT2D eigenvalue weighted by Crippen LogP contribution is 2.21. The largest absolute Gasteiger partial charge is 0.497 e. The van der Waals surface area contributed by atoms with E-state index < -0.39 is 0 Å². The topological polar surface area (TPSA) is 84.8 Å². The number of aromatic amines is 1. The Balaban J connectivity index is 1.43. The van der Waals surface area contributed by atoms with Crippen LogP contribution in [0, 0.1) is 5.82 Å². The molecule has 0 aliphatic rings. The number of carbonyl (C=O) groups is 1. The lowest BCUT2D eigenvalue weighted by molar-refractivity contribution is 0.102. The zero-order valence-electron chi connectivity index (χ0n) is 15.6. The van der Waals surface area contributed by atoms with E-state index in [4.69, 9.17) is 4.74 Å². The third-order valence-corrected chi connectivity index (χ3v) is 4.39. The molecule has 1 amide bonds. The smallest absolute Gasteiger partial charge is 0.273 e. The second-order valence-corrected chi connectivity index (χ2v) is 6.37. The highest BCUT2D eigenvalue weighted by molar-refractivity contribution is 6.03. The Morgan fingerprint density at radius 3 is 2.76 bits per heavy atom. The summed E-state index contributed by atoms with van der Waals surface area (Å²) >= 11 is 0. The molecular formula is C21H18FN5O2. The summed E-state index contributed by atoms with van der Waals surface area (Å²) in [5.74, 6) is 0.106. The number of amides is 1. The second-order valence-electron chi connectivity index (χ2n) is 6.37. The Morgan fingerprint density at radius 1 is 1.21 bits per heavy atom. The van der Waals surface area contributed by atoms with Crippen molar-refractivity contribution in [3.8, 4) is 17.0 Å². The zero-order chi connectivity index (χ0) is 20.2. The second kappa shape index (κ2) is 7.97. The van der Waals surface area contributed by atoms with Gasteiger partial charge in [0.1, 0.15) is 17.3 Å². The molecule has 2 heterocycles. The minimum atomic E-state index is -0.345. The summed E-state index contributed by atoms with van der Waals surface area (Å²) in [6.45, 7) is 0.272. The standard InChI is InChI=1S/C21H18FN5O2/c1-29-17-8-6-14(7-9-17)19-10-20(26-25-19)21(28)24-16-11-23-27(13-16)12-15-4-2-3-5-18(15)22/h2-11,13H,12H2,1H3,(H,24,28)(H,25,26). The first-order valence-corrected chi connectivity index (χ1v) is 8.89. The maximum Gasteiger partial charge on any atom is 0.273 e. The Kier molecular flexibility index (Phi) is 5.07. The predicted octanol–water partition coefficient (Wildman–Crippen LogP) is 3.72. The lowest BCUT2D eigenvalue weighted by Crippen LogP contribution is -2.11. The van der Waals surface area contributed by atoms with Crippen molar-refractivity contribution in [2.75, 3.05) is 12.4 Å². The average Bonchev–Trinajstić information content (AvgIpc) is 3.40. The molecule has 0 bridgehead atoms. The van der Waals surface area contributed by atoms with Crippen LogP contribution >= 0.6 is 0 Å². The van der Waals surface area contributed by atoms with Gasteiger partial charge in [-0.3, -0.25) is 14.6 Å². The molecule has 8 heteroatoms. The molecule has 4 aromatic rings. The first-order valence-electron chi connectivity index (χ1n) is 8.89. The summed E-state index contributed by atoms with van der Waals surface area (Å²) in [6, 6.07) is 15.6. The van der Waals surface area contributed by atoms with Gasteiger partial charge in [0.25, 0.3) is 5.91 Å². The van der Waals surface area contributed by atoms with Crippen LogP contribution in [-0.4, -0.2) is 33.0 Å². The molecule has 0 unspecified atom stereocenters. The molecule has 0 saturated carbocycles. The quantitative estimate of drug-likeness (QED) is 0.525. The van der Waals surface area contributed by atoms with Crippen LogP contribution in [0.5, 0.6) is 5.75 Å². The fourth-order valence-electron chi connectivity index (χ4n) is 2.86. The minimum Gasteiger partial charge on any atom is -0.497 e. The van der Waals surface area contributed by atoms with Crippen LogP contribution in [0.4, 0.5) is 10.1 Å². The highest BCUT2D eigenvalue weighted by Gasteiger charge is 2.13. The molecule has 2 aromatic heterocycles. The lowest BCUT2D eigenvalue weighted by atomic mass is 10.1. The Labute approximate surface area is 166 Å². The molecule has 7 nitrogen and oxygen atoms in total. The van der Waals surface area contributed by atoms with Gasteiger partial charge in [-0.15, -0.1) is 0 Å². The number of H-pyrrole nitrogens is 1. The lowest BCUT2D eigenvalue weighted by Gasteiger charge is -2.03. The molecule has 0 aliphatic heterocycles. The molecule has 0 fully saturated rings. The van der Waals surface area contributed by atoms with E-state index in [0.717, 1.165) is 11.3 Å². The fraction of sp³-hybridized carbons (Fsp3) is 0.0952. The third-order valence-electron chi connectivity index (χ3n) is 4.39. The first-order chi connectivity index (χ1) is 14.1. The van der Waals surface area contributed by atoms with Crippen molar-refractivity contribution in [1.29, 1.82) is 0 Å². The summed E-state index contributed by atoms with van der Waals surface area (Å²) in [5, 5.41) is 13.8. The van der Waals surface area contributed by atoms with Crippen molar-refractivity contribution in [3.63, 3.8) is 0 Å². The van der Waals surface area contributed by atoms with Gasteiger partial charge < -0.3 is 10.1 Å². The van der Waals surface area contributed by atoms with Crippen molar-refractivity contribution >= 4 is 11.6 Å². The van der Waals surface area contributed by atoms with E-state index in [1.165, 1.54) is 12.3 Å². The highest BCUT2D eigenvalue weighted by atomic mass is 19.1. The van der Waals surface area contributed by atoms with Crippen LogP contribution in [0.25, 0.3) is 11.3 Å². The van der Waals surface area contributed by atoms with Gasteiger partial charge in [-0.2, -0.15) is 10.2 Å². The number of rotatable bonds is 6. The number of methoxy groups -OCH3 is 1. The molecule has 0 atom stereocenters. The van der Waals surface area contributed by atoms with Crippen LogP contribution in [0.2, 0.25) is 0 Å². The number of nitrogens with one attached hydrogen (secondary N) is 2. The number of benzene rings is 2. The molecule has 0 radical (unpaired) electrons. The number of nitrogens with zero attached hydrogens (tertiary/aromatic N) is 3. The molecule has 146 valence electrons. The SMILES string of the molecule is COc1ccc(-c2cc(C(=O)Nc3cnn(Cc4ccccc4F)c3)[nH]n2)cc1. The van der Waals surface area contributed by atoms with E-state index in [9.17, 15) is 9.18 Å². The van der Waals surface area contributed by atoms with Crippen LogP contribution in [0.15, 0.2) is 67.0 Å². The maximum absolute atomic E-state index is 13.8. The number of aromatic nitrogens is 4. The van der Waals surface area contributed by atoms with E-state index in [1.807, 2.05) is 24.3 Å². The van der Waals surface area contributed by atoms with Gasteiger partial charge >= 0.3 is 0 Å². The molecule has 0 spiro atoms. The van der Waals surface area contributed by atoms with Crippen molar-refractivity contribution in [2.24, 2.45) is 0 Å². The Hall–Kier alpha value is -3.94. The summed E-state index contributed by atoms with van der Waals surface area (Å²) in [5.41, 5.74) is 2.85. The van der Waals surface area contributed by atoms with E-state index >= 15 is 0 Å². The van der Waals surface area contributed by atoms with Gasteiger partial charge in [0.05, 0.1) is 31.2 Å². The number of hydrogen-bond donors (Lipinski definition) is 2. The molecule has 2 N–H and O–H groups in total. The van der Waals surface area contributed by atoms with Gasteiger partial charge in [-0.05, 0) is 36.4 Å². The van der Waals surface area contributed by atoms with E-state index in [1.54, 1.807) is 42.3 Å². The maximum atomic E-state index is 13.8. The van der Waals surface area contributed by atoms with Crippen molar-refractivity contribution < 1.29 is 13.9 Å². The van der Waals surface area contributed by atoms with Gasteiger partial charge in [-0.25, -0.2) is 4.39 Å². The summed E-state index contributed by atoms with van der Waals surface area (Å²) in [4.78, 5) is 12.5. The van der Waals surface area contributed by atoms with E-state index in [2.05, 4.69) is 20.6 Å². The van der Waals surface area contributed by atoms with Crippen molar-refractivity contribution in [3.05, 3.63) is 84.1 Å². The average molecular weight is 391 g/mol. The van der Waals surface area contributed by atoms with Gasteiger partial charge in [-0.1, -0.05) is 18.2 Å². The summed E-state index contributed by atoms with van der Waals surface area (Å²) < 4.78 is 20.5. The number of hydrogen-bond acceptors (Lipinski definition) is 4. The van der Waals surface area contributed by atoms with Crippen molar-refractivity contribution in [2.45, 2.75) is 6.54 Å². The predicted molar refractivity (Wildman–Crippen MR) is 106 cm³/mol. The monoisotopic (exact) mass is 391 g/mol. The van der Waals surface area contributed by atoms with E-state index in [0.29, 0.717) is 22.6 Å². The number of halogens is 1. The van der Waals surface area contributed by atoms with Crippen LogP contribution in [-0.2, 0) is 6.54 Å². The Morgan fingerprint density at radius 2 is 2.00 bits per heavy atom. The summed E-state index contributed by atoms with van der Waals surface area (Å²) in [6.07, 6.45) is 3.16. The number of carbonyl (C=O) groups excluding carboxylic acids is 1. The molecule has 0 aliphatic carbocycles. The fourth-order valence-corrected chi connectivity index (χ4v) is 2.86. The molecular weight excluding hydrogens is 373 g/mol. The zero-order valence-corrected chi connectivity index (χ0v) is 15.6. The van der Waals surface area contributed by atoms with Crippen LogP contribution in [0.1, 0.15) is 16.1 Å². The van der Waals surface area contributed by atoms with E-state index in [-0.39, 0.29) is 18.3 Å². The van der Waals surface area contributed by atoms with Crippen LogP contribution in [0.3, 0.4) is 0 Å². The van der Waals surface area contributed by atoms with Crippen LogP contribution < -0.4 is 10.1 Å². The minimum absolute atomic E-state index is 0.272. The first kappa shape index (κ1) is 18.4. The Bertz CT molecular complexity index is 1130. The summed E-state index contributed by atoms with van der Waals surface area (Å²) in [7, 11) is 1.60. The third kappa shape index (κ3) is 4.16.